The Morgan fingerprint density at radius 1 is 1.23 bits per heavy atom. The van der Waals surface area contributed by atoms with Gasteiger partial charge < -0.3 is 27.6 Å². The molecular formula is C17H18N6O3. The van der Waals surface area contributed by atoms with Crippen molar-refractivity contribution >= 4 is 34.5 Å². The zero-order valence-corrected chi connectivity index (χ0v) is 14.2. The van der Waals surface area contributed by atoms with Crippen LogP contribution in [0.5, 0.6) is 5.75 Å². The van der Waals surface area contributed by atoms with Crippen LogP contribution in [0.15, 0.2) is 24.4 Å². The number of phenols is 1. The summed E-state index contributed by atoms with van der Waals surface area (Å²) in [5, 5.41) is 12.8. The van der Waals surface area contributed by atoms with Gasteiger partial charge in [-0.15, -0.1) is 0 Å². The molecule has 2 aromatic heterocycles. The minimum absolute atomic E-state index is 0.0720. The molecule has 3 aromatic rings. The smallest absolute Gasteiger partial charge is 0.316 e. The van der Waals surface area contributed by atoms with Gasteiger partial charge in [-0.3, -0.25) is 9.36 Å². The molecule has 0 radical (unpaired) electrons. The molecule has 134 valence electrons. The molecule has 1 aromatic carbocycles. The third-order valence-corrected chi connectivity index (χ3v) is 4.19. The average Bonchev–Trinajstić information content (AvgIpc) is 2.83. The van der Waals surface area contributed by atoms with Crippen molar-refractivity contribution in [2.24, 2.45) is 11.5 Å². The zero-order valence-electron chi connectivity index (χ0n) is 14.2. The molecule has 3 amide bonds. The van der Waals surface area contributed by atoms with Crippen LogP contribution in [0.25, 0.3) is 16.7 Å². The van der Waals surface area contributed by atoms with Crippen LogP contribution in [0.1, 0.15) is 21.5 Å². The highest BCUT2D eigenvalue weighted by Crippen LogP contribution is 2.36. The molecular weight excluding hydrogens is 336 g/mol. The summed E-state index contributed by atoms with van der Waals surface area (Å²) in [6, 6.07) is 4.07. The van der Waals surface area contributed by atoms with E-state index in [1.807, 2.05) is 6.92 Å². The Morgan fingerprint density at radius 2 is 1.92 bits per heavy atom. The minimum atomic E-state index is -0.765. The fraction of sp³-hybridized carbons (Fsp3) is 0.118. The van der Waals surface area contributed by atoms with Crippen molar-refractivity contribution < 1.29 is 14.7 Å². The minimum Gasteiger partial charge on any atom is -0.508 e. The van der Waals surface area contributed by atoms with Crippen LogP contribution in [-0.2, 0) is 0 Å². The lowest BCUT2D eigenvalue weighted by Crippen LogP contribution is -2.19. The number of nitrogen functional groups attached to an aromatic ring is 1. The zero-order chi connectivity index (χ0) is 19.2. The number of nitrogens with two attached hydrogens (primary N) is 3. The molecule has 0 spiro atoms. The maximum atomic E-state index is 12.0. The highest BCUT2D eigenvalue weighted by Gasteiger charge is 2.24. The highest BCUT2D eigenvalue weighted by atomic mass is 16.3. The molecule has 0 aliphatic heterocycles. The van der Waals surface area contributed by atoms with E-state index in [4.69, 9.17) is 17.2 Å². The Labute approximate surface area is 148 Å². The number of aromatic hydroxyl groups is 1. The molecule has 0 fully saturated rings. The summed E-state index contributed by atoms with van der Waals surface area (Å²) in [7, 11) is 0. The first-order valence-corrected chi connectivity index (χ1v) is 7.68. The van der Waals surface area contributed by atoms with Crippen LogP contribution < -0.4 is 22.5 Å². The maximum absolute atomic E-state index is 12.0. The summed E-state index contributed by atoms with van der Waals surface area (Å²) < 4.78 is 1.56. The SMILES string of the molecule is Cc1ccc(O)c(C)c1-n1c(N)c(C(N)=O)c2cc(NC(N)=O)cnc21. The van der Waals surface area contributed by atoms with Crippen molar-refractivity contribution in [3.8, 4) is 11.4 Å². The second kappa shape index (κ2) is 5.96. The normalized spacial score (nSPS) is 10.8. The van der Waals surface area contributed by atoms with Crippen molar-refractivity contribution in [1.82, 2.24) is 9.55 Å². The Balaban J connectivity index is 2.41. The Bertz CT molecular complexity index is 1070. The van der Waals surface area contributed by atoms with Gasteiger partial charge in [-0.2, -0.15) is 0 Å². The van der Waals surface area contributed by atoms with Gasteiger partial charge in [-0.25, -0.2) is 9.78 Å². The lowest BCUT2D eigenvalue weighted by molar-refractivity contribution is 0.100. The summed E-state index contributed by atoms with van der Waals surface area (Å²) in [6.07, 6.45) is 1.39. The molecule has 9 nitrogen and oxygen atoms in total. The number of nitrogens with zero attached hydrogens (tertiary/aromatic N) is 2. The van der Waals surface area contributed by atoms with Crippen molar-refractivity contribution in [2.75, 3.05) is 11.1 Å². The molecule has 9 heteroatoms. The standard InChI is InChI=1S/C17H18N6O3/c1-7-3-4-11(24)8(2)13(7)23-14(18)12(15(19)25)10-5-9(22-17(20)26)6-21-16(10)23/h3-6,24H,18H2,1-2H3,(H2,19,25)(H3,20,22,26). The lowest BCUT2D eigenvalue weighted by Gasteiger charge is -2.15. The number of carbonyl (C=O) groups excluding carboxylic acids is 2. The van der Waals surface area contributed by atoms with E-state index < -0.39 is 11.9 Å². The molecule has 0 saturated heterocycles. The van der Waals surface area contributed by atoms with Crippen molar-refractivity contribution in [3.05, 3.63) is 41.1 Å². The van der Waals surface area contributed by atoms with Crippen LogP contribution in [-0.4, -0.2) is 26.6 Å². The third kappa shape index (κ3) is 2.55. The van der Waals surface area contributed by atoms with E-state index in [0.717, 1.165) is 5.56 Å². The Hall–Kier alpha value is -3.75. The number of primary amides is 2. The number of carbonyl (C=O) groups is 2. The number of aryl methyl sites for hydroxylation is 1. The largest absolute Gasteiger partial charge is 0.508 e. The fourth-order valence-corrected chi connectivity index (χ4v) is 3.05. The molecule has 8 N–H and O–H groups in total. The van der Waals surface area contributed by atoms with Crippen LogP contribution in [0.3, 0.4) is 0 Å². The van der Waals surface area contributed by atoms with Crippen molar-refractivity contribution in [2.45, 2.75) is 13.8 Å². The first-order chi connectivity index (χ1) is 12.2. The van der Waals surface area contributed by atoms with E-state index in [9.17, 15) is 14.7 Å². The Morgan fingerprint density at radius 3 is 2.54 bits per heavy atom. The number of fused-ring (bicyclic) bond motifs is 1. The van der Waals surface area contributed by atoms with Gasteiger partial charge in [0.15, 0.2) is 0 Å². The number of rotatable bonds is 3. The van der Waals surface area contributed by atoms with Crippen LogP contribution in [0.4, 0.5) is 16.3 Å². The maximum Gasteiger partial charge on any atom is 0.316 e. The summed E-state index contributed by atoms with van der Waals surface area (Å²) in [5.74, 6) is -0.563. The number of phenolic OH excluding ortho intramolecular Hbond substituents is 1. The molecule has 0 saturated carbocycles. The van der Waals surface area contributed by atoms with Crippen molar-refractivity contribution in [1.29, 1.82) is 0 Å². The number of pyridine rings is 1. The van der Waals surface area contributed by atoms with E-state index in [-0.39, 0.29) is 17.1 Å². The first kappa shape index (κ1) is 17.1. The molecule has 0 aliphatic rings. The molecule has 26 heavy (non-hydrogen) atoms. The monoisotopic (exact) mass is 354 g/mol. The number of urea groups is 1. The predicted octanol–water partition coefficient (Wildman–Crippen LogP) is 1.52. The van der Waals surface area contributed by atoms with Crippen LogP contribution in [0, 0.1) is 13.8 Å². The van der Waals surface area contributed by atoms with E-state index >= 15 is 0 Å². The van der Waals surface area contributed by atoms with Crippen LogP contribution in [0.2, 0.25) is 0 Å². The molecule has 3 rings (SSSR count). The summed E-state index contributed by atoms with van der Waals surface area (Å²) in [6.45, 7) is 3.58. The van der Waals surface area contributed by atoms with Gasteiger partial charge in [-0.05, 0) is 31.5 Å². The molecule has 0 atom stereocenters. The highest BCUT2D eigenvalue weighted by molar-refractivity contribution is 6.11. The number of nitrogens with one attached hydrogen (secondary N) is 1. The number of hydrogen-bond donors (Lipinski definition) is 5. The second-order valence-corrected chi connectivity index (χ2v) is 5.92. The topological polar surface area (TPSA) is 162 Å². The summed E-state index contributed by atoms with van der Waals surface area (Å²) in [5.41, 5.74) is 19.6. The fourth-order valence-electron chi connectivity index (χ4n) is 3.05. The number of amides is 3. The Kier molecular flexibility index (Phi) is 3.91. The van der Waals surface area contributed by atoms with E-state index in [1.165, 1.54) is 12.3 Å². The number of anilines is 2. The van der Waals surface area contributed by atoms with Gasteiger partial charge in [0.05, 0.1) is 23.1 Å². The quantitative estimate of drug-likeness (QED) is 0.481. The van der Waals surface area contributed by atoms with E-state index in [1.54, 1.807) is 23.6 Å². The number of benzene rings is 1. The van der Waals surface area contributed by atoms with Gasteiger partial charge in [0.1, 0.15) is 17.2 Å². The van der Waals surface area contributed by atoms with E-state index in [0.29, 0.717) is 28.0 Å². The molecule has 2 heterocycles. The number of aromatic nitrogens is 2. The van der Waals surface area contributed by atoms with Gasteiger partial charge in [0, 0.05) is 10.9 Å². The van der Waals surface area contributed by atoms with Gasteiger partial charge in [0.2, 0.25) is 0 Å². The lowest BCUT2D eigenvalue weighted by atomic mass is 10.1. The van der Waals surface area contributed by atoms with Crippen LogP contribution >= 0.6 is 0 Å². The third-order valence-electron chi connectivity index (χ3n) is 4.19. The second-order valence-electron chi connectivity index (χ2n) is 5.92. The van der Waals surface area contributed by atoms with Crippen molar-refractivity contribution in [3.63, 3.8) is 0 Å². The predicted molar refractivity (Wildman–Crippen MR) is 98.3 cm³/mol. The summed E-state index contributed by atoms with van der Waals surface area (Å²) >= 11 is 0. The summed E-state index contributed by atoms with van der Waals surface area (Å²) in [4.78, 5) is 27.4. The van der Waals surface area contributed by atoms with Gasteiger partial charge >= 0.3 is 6.03 Å². The molecule has 0 aliphatic carbocycles. The average molecular weight is 354 g/mol. The molecule has 0 bridgehead atoms. The van der Waals surface area contributed by atoms with Gasteiger partial charge in [-0.1, -0.05) is 6.07 Å². The number of hydrogen-bond acceptors (Lipinski definition) is 5. The van der Waals surface area contributed by atoms with Gasteiger partial charge in [0.25, 0.3) is 5.91 Å². The van der Waals surface area contributed by atoms with E-state index in [2.05, 4.69) is 10.3 Å². The molecule has 0 unspecified atom stereocenters. The first-order valence-electron chi connectivity index (χ1n) is 7.68.